The third kappa shape index (κ3) is 4.52. The molecule has 30 heavy (non-hydrogen) atoms. The van der Waals surface area contributed by atoms with Crippen LogP contribution in [0.15, 0.2) is 41.0 Å². The second kappa shape index (κ2) is 7.81. The third-order valence-corrected chi connectivity index (χ3v) is 5.52. The summed E-state index contributed by atoms with van der Waals surface area (Å²) in [6.07, 6.45) is 6.09. The molecule has 9 heteroatoms. The number of aromatic nitrogens is 2. The lowest BCUT2D eigenvalue weighted by molar-refractivity contribution is 0.101. The minimum atomic E-state index is -2.29. The molecular weight excluding hydrogens is 405 g/mol. The first-order valence-corrected chi connectivity index (χ1v) is 11.9. The van der Waals surface area contributed by atoms with Crippen molar-refractivity contribution in [2.45, 2.75) is 31.9 Å². The van der Waals surface area contributed by atoms with Gasteiger partial charge in [0.2, 0.25) is 0 Å². The maximum atomic E-state index is 13.8. The van der Waals surface area contributed by atoms with E-state index in [2.05, 4.69) is 19.6 Å². The molecule has 1 aromatic heterocycles. The minimum absolute atomic E-state index is 0.0201. The van der Waals surface area contributed by atoms with E-state index in [1.165, 1.54) is 18.5 Å². The van der Waals surface area contributed by atoms with Crippen LogP contribution >= 0.6 is 0 Å². The normalized spacial score (nSPS) is 18.7. The number of fused-ring (bicyclic) bond motifs is 1. The van der Waals surface area contributed by atoms with Gasteiger partial charge in [0.15, 0.2) is 0 Å². The van der Waals surface area contributed by atoms with E-state index < -0.39 is 9.73 Å². The van der Waals surface area contributed by atoms with Crippen molar-refractivity contribution in [1.82, 2.24) is 9.97 Å². The molecule has 1 fully saturated rings. The highest BCUT2D eigenvalue weighted by Gasteiger charge is 2.28. The molecule has 7 nitrogen and oxygen atoms in total. The Labute approximate surface area is 175 Å². The SMILES string of the molecule is Cc1cc(N=S(C)(C)=O)cc2ncnc(Nc3ccc(F)cc3OC3CC(N)C3)c12. The second-order valence-corrected chi connectivity index (χ2v) is 10.4. The molecular formula is C21H24FN5O2S. The Bertz CT molecular complexity index is 1230. The number of nitrogens with zero attached hydrogens (tertiary/aromatic N) is 3. The summed E-state index contributed by atoms with van der Waals surface area (Å²) in [6, 6.07) is 8.11. The number of rotatable bonds is 5. The average Bonchev–Trinajstić information content (AvgIpc) is 2.61. The number of ether oxygens (including phenoxy) is 1. The summed E-state index contributed by atoms with van der Waals surface area (Å²) in [4.78, 5) is 8.72. The van der Waals surface area contributed by atoms with Crippen LogP contribution in [0, 0.1) is 12.7 Å². The molecule has 1 aliphatic carbocycles. The Morgan fingerprint density at radius 1 is 1.23 bits per heavy atom. The van der Waals surface area contributed by atoms with Crippen molar-refractivity contribution >= 4 is 37.8 Å². The lowest BCUT2D eigenvalue weighted by Crippen LogP contribution is -2.43. The van der Waals surface area contributed by atoms with Crippen molar-refractivity contribution in [2.75, 3.05) is 17.8 Å². The first-order valence-electron chi connectivity index (χ1n) is 9.59. The van der Waals surface area contributed by atoms with Gasteiger partial charge in [0.1, 0.15) is 29.8 Å². The maximum Gasteiger partial charge on any atom is 0.146 e. The van der Waals surface area contributed by atoms with E-state index in [9.17, 15) is 8.60 Å². The Kier molecular flexibility index (Phi) is 5.33. The lowest BCUT2D eigenvalue weighted by Gasteiger charge is -2.33. The summed E-state index contributed by atoms with van der Waals surface area (Å²) >= 11 is 0. The highest BCUT2D eigenvalue weighted by molar-refractivity contribution is 7.92. The zero-order valence-electron chi connectivity index (χ0n) is 17.1. The van der Waals surface area contributed by atoms with E-state index in [1.807, 2.05) is 13.0 Å². The fraction of sp³-hybridized carbons (Fsp3) is 0.333. The molecule has 3 aromatic rings. The second-order valence-electron chi connectivity index (χ2n) is 7.89. The summed E-state index contributed by atoms with van der Waals surface area (Å²) in [5, 5.41) is 4.06. The van der Waals surface area contributed by atoms with E-state index in [1.54, 1.807) is 24.6 Å². The molecule has 2 aromatic carbocycles. The lowest BCUT2D eigenvalue weighted by atomic mass is 9.90. The summed E-state index contributed by atoms with van der Waals surface area (Å²) < 4.78 is 36.1. The number of anilines is 2. The Morgan fingerprint density at radius 3 is 2.70 bits per heavy atom. The van der Waals surface area contributed by atoms with Gasteiger partial charge in [-0.15, -0.1) is 0 Å². The van der Waals surface area contributed by atoms with Crippen LogP contribution in [0.1, 0.15) is 18.4 Å². The molecule has 0 bridgehead atoms. The standard InChI is InChI=1S/C21H24FN5O2S/c1-12-6-15(27-30(2,3)28)10-18-20(12)21(25-11-24-18)26-17-5-4-13(22)7-19(17)29-16-8-14(23)9-16/h4-7,10-11,14,16H,8-9,23H2,1-3H3,(H,24,25,26). The number of halogens is 1. The van der Waals surface area contributed by atoms with E-state index in [4.69, 9.17) is 10.5 Å². The summed E-state index contributed by atoms with van der Waals surface area (Å²) in [5.74, 6) is 0.607. The van der Waals surface area contributed by atoms with E-state index >= 15 is 0 Å². The quantitative estimate of drug-likeness (QED) is 0.634. The first-order chi connectivity index (χ1) is 14.2. The number of benzene rings is 2. The summed E-state index contributed by atoms with van der Waals surface area (Å²) in [5.41, 5.74) is 8.59. The molecule has 1 saturated carbocycles. The fourth-order valence-electron chi connectivity index (χ4n) is 3.48. The van der Waals surface area contributed by atoms with Gasteiger partial charge in [0.25, 0.3) is 0 Å². The highest BCUT2D eigenvalue weighted by atomic mass is 32.2. The van der Waals surface area contributed by atoms with Crippen LogP contribution in [-0.4, -0.2) is 38.8 Å². The molecule has 0 radical (unpaired) electrons. The molecule has 0 spiro atoms. The predicted octanol–water partition coefficient (Wildman–Crippen LogP) is 4.05. The van der Waals surface area contributed by atoms with Crippen molar-refractivity contribution < 1.29 is 13.3 Å². The topological polar surface area (TPSA) is 102 Å². The monoisotopic (exact) mass is 429 g/mol. The number of hydrogen-bond donors (Lipinski definition) is 2. The predicted molar refractivity (Wildman–Crippen MR) is 118 cm³/mol. The van der Waals surface area contributed by atoms with Crippen molar-refractivity contribution in [3.63, 3.8) is 0 Å². The first kappa shape index (κ1) is 20.5. The Hall–Kier alpha value is -2.78. The van der Waals surface area contributed by atoms with Gasteiger partial charge in [0, 0.05) is 39.7 Å². The summed E-state index contributed by atoms with van der Waals surface area (Å²) in [7, 11) is -2.29. The smallest absolute Gasteiger partial charge is 0.146 e. The molecule has 0 aliphatic heterocycles. The molecule has 158 valence electrons. The largest absolute Gasteiger partial charge is 0.488 e. The third-order valence-electron chi connectivity index (χ3n) is 4.87. The summed E-state index contributed by atoms with van der Waals surface area (Å²) in [6.45, 7) is 1.92. The van der Waals surface area contributed by atoms with Crippen molar-refractivity contribution in [2.24, 2.45) is 10.1 Å². The van der Waals surface area contributed by atoms with Gasteiger partial charge >= 0.3 is 0 Å². The highest BCUT2D eigenvalue weighted by Crippen LogP contribution is 2.35. The molecule has 1 heterocycles. The number of nitrogens with one attached hydrogen (secondary N) is 1. The van der Waals surface area contributed by atoms with E-state index in [0.717, 1.165) is 23.8 Å². The average molecular weight is 430 g/mol. The van der Waals surface area contributed by atoms with Crippen LogP contribution < -0.4 is 15.8 Å². The van der Waals surface area contributed by atoms with Crippen molar-refractivity contribution in [1.29, 1.82) is 0 Å². The van der Waals surface area contributed by atoms with Crippen LogP contribution in [0.2, 0.25) is 0 Å². The number of hydrogen-bond acceptors (Lipinski definition) is 7. The van der Waals surface area contributed by atoms with Crippen LogP contribution in [0.5, 0.6) is 5.75 Å². The number of nitrogens with two attached hydrogens (primary N) is 1. The van der Waals surface area contributed by atoms with Gasteiger partial charge in [-0.1, -0.05) is 0 Å². The van der Waals surface area contributed by atoms with Gasteiger partial charge in [-0.25, -0.2) is 18.6 Å². The van der Waals surface area contributed by atoms with E-state index in [-0.39, 0.29) is 18.0 Å². The van der Waals surface area contributed by atoms with Gasteiger partial charge in [-0.05, 0) is 49.6 Å². The molecule has 0 saturated heterocycles. The molecule has 0 unspecified atom stereocenters. The zero-order chi connectivity index (χ0) is 21.5. The van der Waals surface area contributed by atoms with Gasteiger partial charge < -0.3 is 15.8 Å². The maximum absolute atomic E-state index is 13.8. The van der Waals surface area contributed by atoms with Crippen molar-refractivity contribution in [3.05, 3.63) is 48.0 Å². The molecule has 1 aliphatic rings. The van der Waals surface area contributed by atoms with Gasteiger partial charge in [0.05, 0.1) is 16.9 Å². The Balaban J connectivity index is 1.72. The molecule has 3 N–H and O–H groups in total. The van der Waals surface area contributed by atoms with Gasteiger partial charge in [-0.2, -0.15) is 4.36 Å². The Morgan fingerprint density at radius 2 is 2.00 bits per heavy atom. The molecule has 0 atom stereocenters. The number of aryl methyl sites for hydroxylation is 1. The zero-order valence-corrected chi connectivity index (χ0v) is 17.9. The molecule has 0 amide bonds. The van der Waals surface area contributed by atoms with Gasteiger partial charge in [-0.3, -0.25) is 0 Å². The minimum Gasteiger partial charge on any atom is -0.488 e. The van der Waals surface area contributed by atoms with E-state index in [0.29, 0.717) is 28.5 Å². The van der Waals surface area contributed by atoms with Crippen LogP contribution in [0.3, 0.4) is 0 Å². The molecule has 4 rings (SSSR count). The fourth-order valence-corrected chi connectivity index (χ4v) is 4.09. The van der Waals surface area contributed by atoms with Crippen LogP contribution in [-0.2, 0) is 9.73 Å². The van der Waals surface area contributed by atoms with Crippen LogP contribution in [0.25, 0.3) is 10.9 Å². The van der Waals surface area contributed by atoms with Crippen molar-refractivity contribution in [3.8, 4) is 5.75 Å². The van der Waals surface area contributed by atoms with Crippen LogP contribution in [0.4, 0.5) is 21.6 Å².